The maximum Gasteiger partial charge on any atom is 0.353 e. The third-order valence-corrected chi connectivity index (χ3v) is 4.46. The van der Waals surface area contributed by atoms with Gasteiger partial charge in [-0.05, 0) is 6.42 Å². The molecule has 0 spiro atoms. The molecule has 152 valence electrons. The van der Waals surface area contributed by atoms with Crippen molar-refractivity contribution in [1.29, 1.82) is 0 Å². The summed E-state index contributed by atoms with van der Waals surface area (Å²) in [4.78, 5) is 21.9. The molecule has 0 aliphatic carbocycles. The van der Waals surface area contributed by atoms with Gasteiger partial charge in [-0.2, -0.15) is 0 Å². The molecule has 0 saturated heterocycles. The number of carbonyl (C=O) groups is 1. The van der Waals surface area contributed by atoms with E-state index < -0.39 is 39.3 Å². The van der Waals surface area contributed by atoms with Crippen LogP contribution in [-0.4, -0.2) is 32.7 Å². The number of amides is 1. The molecule has 0 unspecified atom stereocenters. The first-order valence-electron chi connectivity index (χ1n) is 9.60. The molecule has 1 aromatic rings. The summed E-state index contributed by atoms with van der Waals surface area (Å²) in [5.41, 5.74) is -1.61. The number of phenols is 3. The fourth-order valence-corrected chi connectivity index (χ4v) is 2.94. The monoisotopic (exact) mass is 382 g/mol. The predicted molar refractivity (Wildman–Crippen MR) is 102 cm³/mol. The molecule has 1 aromatic carbocycles. The lowest BCUT2D eigenvalue weighted by Crippen LogP contribution is -2.24. The van der Waals surface area contributed by atoms with Crippen LogP contribution in [0.4, 0.5) is 5.69 Å². The van der Waals surface area contributed by atoms with Gasteiger partial charge >= 0.3 is 5.69 Å². The zero-order valence-electron chi connectivity index (χ0n) is 15.9. The fourth-order valence-electron chi connectivity index (χ4n) is 2.94. The van der Waals surface area contributed by atoms with E-state index in [1.807, 2.05) is 0 Å². The molecule has 0 aliphatic heterocycles. The van der Waals surface area contributed by atoms with Crippen molar-refractivity contribution in [3.8, 4) is 17.2 Å². The van der Waals surface area contributed by atoms with Crippen molar-refractivity contribution in [3.63, 3.8) is 0 Å². The normalized spacial score (nSPS) is 10.7. The van der Waals surface area contributed by atoms with Crippen molar-refractivity contribution in [2.24, 2.45) is 0 Å². The van der Waals surface area contributed by atoms with E-state index in [1.165, 1.54) is 38.5 Å². The number of nitro benzene ring substituents is 1. The van der Waals surface area contributed by atoms with Gasteiger partial charge in [-0.3, -0.25) is 14.9 Å². The number of benzene rings is 1. The molecule has 0 aromatic heterocycles. The third kappa shape index (κ3) is 7.32. The Balaban J connectivity index is 2.34. The summed E-state index contributed by atoms with van der Waals surface area (Å²) in [7, 11) is 0. The van der Waals surface area contributed by atoms with Crippen LogP contribution in [0.3, 0.4) is 0 Å². The van der Waals surface area contributed by atoms with E-state index in [1.54, 1.807) is 0 Å². The molecule has 4 N–H and O–H groups in total. The molecular weight excluding hydrogens is 352 g/mol. The SMILES string of the molecule is CCCCCCCCCCCCNC(=O)c1c(O)cc(O)c([N+](=O)[O-])c1O. The zero-order valence-corrected chi connectivity index (χ0v) is 15.9. The molecule has 1 amide bonds. The molecule has 27 heavy (non-hydrogen) atoms. The summed E-state index contributed by atoms with van der Waals surface area (Å²) in [5, 5.41) is 42.4. The van der Waals surface area contributed by atoms with Crippen LogP contribution in [0.1, 0.15) is 81.5 Å². The molecule has 1 rings (SSSR count). The Hall–Kier alpha value is -2.51. The number of hydrogen-bond acceptors (Lipinski definition) is 6. The first-order chi connectivity index (χ1) is 12.9. The summed E-state index contributed by atoms with van der Waals surface area (Å²) >= 11 is 0. The summed E-state index contributed by atoms with van der Waals surface area (Å²) < 4.78 is 0. The van der Waals surface area contributed by atoms with Gasteiger partial charge in [0.05, 0.1) is 4.92 Å². The summed E-state index contributed by atoms with van der Waals surface area (Å²) in [5.74, 6) is -3.47. The van der Waals surface area contributed by atoms with Crippen LogP contribution in [0.5, 0.6) is 17.2 Å². The maximum atomic E-state index is 12.1. The largest absolute Gasteiger partial charge is 0.507 e. The number of unbranched alkanes of at least 4 members (excludes halogenated alkanes) is 9. The number of phenolic OH excluding ortho intramolecular Hbond substituents is 3. The van der Waals surface area contributed by atoms with E-state index in [4.69, 9.17) is 0 Å². The van der Waals surface area contributed by atoms with E-state index in [9.17, 15) is 30.2 Å². The van der Waals surface area contributed by atoms with E-state index >= 15 is 0 Å². The zero-order chi connectivity index (χ0) is 20.2. The van der Waals surface area contributed by atoms with E-state index in [2.05, 4.69) is 12.2 Å². The summed E-state index contributed by atoms with van der Waals surface area (Å²) in [6.07, 6.45) is 11.5. The number of aromatic hydroxyl groups is 3. The second-order valence-corrected chi connectivity index (χ2v) is 6.68. The quantitative estimate of drug-likeness (QED) is 0.227. The lowest BCUT2D eigenvalue weighted by molar-refractivity contribution is -0.386. The molecule has 0 fully saturated rings. The average molecular weight is 382 g/mol. The van der Waals surface area contributed by atoms with Crippen LogP contribution in [0.2, 0.25) is 0 Å². The van der Waals surface area contributed by atoms with Gasteiger partial charge in [0, 0.05) is 12.6 Å². The van der Waals surface area contributed by atoms with E-state index in [0.717, 1.165) is 25.7 Å². The second-order valence-electron chi connectivity index (χ2n) is 6.68. The van der Waals surface area contributed by atoms with Crippen LogP contribution >= 0.6 is 0 Å². The molecule has 0 bridgehead atoms. The Kier molecular flexibility index (Phi) is 10.00. The van der Waals surface area contributed by atoms with Crippen molar-refractivity contribution < 1.29 is 25.0 Å². The van der Waals surface area contributed by atoms with Gasteiger partial charge < -0.3 is 20.6 Å². The first kappa shape index (κ1) is 22.5. The highest BCUT2D eigenvalue weighted by Gasteiger charge is 2.29. The lowest BCUT2D eigenvalue weighted by Gasteiger charge is -2.09. The smallest absolute Gasteiger partial charge is 0.353 e. The van der Waals surface area contributed by atoms with Crippen molar-refractivity contribution >= 4 is 11.6 Å². The molecule has 8 nitrogen and oxygen atoms in total. The second kappa shape index (κ2) is 12.0. The van der Waals surface area contributed by atoms with Gasteiger partial charge in [0.25, 0.3) is 5.91 Å². The van der Waals surface area contributed by atoms with Gasteiger partial charge in [-0.25, -0.2) is 0 Å². The lowest BCUT2D eigenvalue weighted by atomic mass is 10.1. The number of hydrogen-bond donors (Lipinski definition) is 4. The van der Waals surface area contributed by atoms with Crippen LogP contribution in [0, 0.1) is 10.1 Å². The minimum Gasteiger partial charge on any atom is -0.507 e. The minimum atomic E-state index is -1.04. The molecule has 0 aliphatic rings. The molecule has 0 radical (unpaired) electrons. The highest BCUT2D eigenvalue weighted by molar-refractivity contribution is 6.01. The van der Waals surface area contributed by atoms with E-state index in [0.29, 0.717) is 12.6 Å². The van der Waals surface area contributed by atoms with Gasteiger partial charge in [0.1, 0.15) is 11.3 Å². The van der Waals surface area contributed by atoms with Gasteiger partial charge in [0.2, 0.25) is 11.5 Å². The van der Waals surface area contributed by atoms with Gasteiger partial charge in [-0.1, -0.05) is 64.7 Å². The van der Waals surface area contributed by atoms with Crippen molar-refractivity contribution in [2.75, 3.05) is 6.54 Å². The number of nitro groups is 1. The Morgan fingerprint density at radius 2 is 1.48 bits per heavy atom. The van der Waals surface area contributed by atoms with Crippen LogP contribution in [0.25, 0.3) is 0 Å². The molecular formula is C19H30N2O6. The summed E-state index contributed by atoms with van der Waals surface area (Å²) in [6, 6.07) is 0.674. The number of rotatable bonds is 13. The molecule has 8 heteroatoms. The minimum absolute atomic E-state index is 0.336. The number of nitrogens with zero attached hydrogens (tertiary/aromatic N) is 1. The van der Waals surface area contributed by atoms with Crippen LogP contribution < -0.4 is 5.32 Å². The third-order valence-electron chi connectivity index (χ3n) is 4.46. The highest BCUT2D eigenvalue weighted by atomic mass is 16.6. The molecule has 0 atom stereocenters. The highest BCUT2D eigenvalue weighted by Crippen LogP contribution is 2.42. The van der Waals surface area contributed by atoms with Crippen molar-refractivity contribution in [1.82, 2.24) is 5.32 Å². The molecule has 0 saturated carbocycles. The van der Waals surface area contributed by atoms with Crippen molar-refractivity contribution in [2.45, 2.75) is 71.1 Å². The number of carbonyl (C=O) groups excluding carboxylic acids is 1. The fraction of sp³-hybridized carbons (Fsp3) is 0.632. The standard InChI is InChI=1S/C19H30N2O6/c1-2-3-4-5-6-7-8-9-10-11-12-20-19(25)16-14(22)13-15(23)17(18(16)24)21(26)27/h13,22-24H,2-12H2,1H3,(H,20,25). The topological polar surface area (TPSA) is 133 Å². The Morgan fingerprint density at radius 3 is 2.00 bits per heavy atom. The maximum absolute atomic E-state index is 12.1. The van der Waals surface area contributed by atoms with Crippen LogP contribution in [-0.2, 0) is 0 Å². The first-order valence-corrected chi connectivity index (χ1v) is 9.60. The van der Waals surface area contributed by atoms with Crippen molar-refractivity contribution in [3.05, 3.63) is 21.7 Å². The van der Waals surface area contributed by atoms with Gasteiger partial charge in [-0.15, -0.1) is 0 Å². The van der Waals surface area contributed by atoms with E-state index in [-0.39, 0.29) is 0 Å². The number of nitrogens with one attached hydrogen (secondary N) is 1. The Labute approximate surface area is 159 Å². The molecule has 0 heterocycles. The van der Waals surface area contributed by atoms with Gasteiger partial charge in [0.15, 0.2) is 0 Å². The Bertz CT molecular complexity index is 633. The Morgan fingerprint density at radius 1 is 0.963 bits per heavy atom. The summed E-state index contributed by atoms with van der Waals surface area (Å²) in [6.45, 7) is 2.54. The predicted octanol–water partition coefficient (Wildman–Crippen LogP) is 4.36. The van der Waals surface area contributed by atoms with Crippen LogP contribution in [0.15, 0.2) is 6.07 Å². The average Bonchev–Trinajstić information content (AvgIpc) is 2.58.